The summed E-state index contributed by atoms with van der Waals surface area (Å²) in [5.41, 5.74) is 2.92. The summed E-state index contributed by atoms with van der Waals surface area (Å²) in [4.78, 5) is 9.63. The molecule has 0 amide bonds. The normalized spacial score (nSPS) is 10.7. The molecule has 0 aliphatic carbocycles. The lowest BCUT2D eigenvalue weighted by molar-refractivity contribution is 0.322. The lowest BCUT2D eigenvalue weighted by Crippen LogP contribution is -2.38. The number of ether oxygens (including phenoxy) is 1. The fourth-order valence-corrected chi connectivity index (χ4v) is 2.45. The second kappa shape index (κ2) is 10.4. The van der Waals surface area contributed by atoms with Crippen molar-refractivity contribution in [1.29, 1.82) is 0 Å². The predicted octanol–water partition coefficient (Wildman–Crippen LogP) is 2.81. The summed E-state index contributed by atoms with van der Waals surface area (Å²) in [7, 11) is 1.76. The molecule has 0 aliphatic heterocycles. The van der Waals surface area contributed by atoms with E-state index in [1.165, 1.54) is 4.88 Å². The molecule has 0 saturated carbocycles. The van der Waals surface area contributed by atoms with Crippen molar-refractivity contribution in [2.24, 2.45) is 4.99 Å². The number of aliphatic imine (C=N–C) groups is 1. The summed E-state index contributed by atoms with van der Waals surface area (Å²) in [6.45, 7) is 4.02. The van der Waals surface area contributed by atoms with Crippen molar-refractivity contribution >= 4 is 41.3 Å². The molecule has 2 N–H and O–H groups in total. The summed E-state index contributed by atoms with van der Waals surface area (Å²) in [6.07, 6.45) is 0. The van der Waals surface area contributed by atoms with Gasteiger partial charge in [0.25, 0.3) is 0 Å². The first kappa shape index (κ1) is 18.7. The molecule has 0 bridgehead atoms. The number of para-hydroxylation sites is 1. The lowest BCUT2D eigenvalue weighted by atomic mass is 10.3. The van der Waals surface area contributed by atoms with Gasteiger partial charge in [0.1, 0.15) is 12.4 Å². The molecule has 0 spiro atoms. The van der Waals surface area contributed by atoms with E-state index in [9.17, 15) is 0 Å². The van der Waals surface area contributed by atoms with E-state index < -0.39 is 0 Å². The Morgan fingerprint density at radius 2 is 2.05 bits per heavy atom. The number of guanidine groups is 1. The van der Waals surface area contributed by atoms with Crippen molar-refractivity contribution in [3.63, 3.8) is 0 Å². The van der Waals surface area contributed by atoms with Gasteiger partial charge in [-0.2, -0.15) is 0 Å². The van der Waals surface area contributed by atoms with Gasteiger partial charge in [0.2, 0.25) is 0 Å². The molecule has 0 fully saturated rings. The molecule has 7 heteroatoms. The highest BCUT2D eigenvalue weighted by molar-refractivity contribution is 14.0. The van der Waals surface area contributed by atoms with Crippen LogP contribution in [0.3, 0.4) is 0 Å². The average molecular weight is 432 g/mol. The van der Waals surface area contributed by atoms with E-state index in [1.54, 1.807) is 18.4 Å². The smallest absolute Gasteiger partial charge is 0.191 e. The van der Waals surface area contributed by atoms with E-state index in [0.717, 1.165) is 23.9 Å². The first-order chi connectivity index (χ1) is 10.3. The minimum atomic E-state index is 0. The van der Waals surface area contributed by atoms with Crippen molar-refractivity contribution in [2.75, 3.05) is 20.2 Å². The zero-order chi connectivity index (χ0) is 14.9. The Kier molecular flexibility index (Phi) is 8.83. The van der Waals surface area contributed by atoms with Crippen LogP contribution in [0.4, 0.5) is 0 Å². The second-order valence-corrected chi connectivity index (χ2v) is 5.31. The molecule has 120 valence electrons. The van der Waals surface area contributed by atoms with Crippen LogP contribution in [0.1, 0.15) is 10.6 Å². The summed E-state index contributed by atoms with van der Waals surface area (Å²) in [5, 5.41) is 6.48. The fourth-order valence-electron chi connectivity index (χ4n) is 1.74. The molecule has 0 saturated heterocycles. The topological polar surface area (TPSA) is 58.5 Å². The highest BCUT2D eigenvalue weighted by atomic mass is 127. The number of hydrogen-bond acceptors (Lipinski definition) is 4. The Balaban J connectivity index is 0.00000242. The Hall–Kier alpha value is -1.35. The maximum Gasteiger partial charge on any atom is 0.191 e. The predicted molar refractivity (Wildman–Crippen MR) is 102 cm³/mol. The van der Waals surface area contributed by atoms with Crippen LogP contribution in [-0.4, -0.2) is 31.1 Å². The molecule has 0 radical (unpaired) electrons. The third-order valence-corrected chi connectivity index (χ3v) is 3.83. The van der Waals surface area contributed by atoms with Gasteiger partial charge in [-0.05, 0) is 19.1 Å². The highest BCUT2D eigenvalue weighted by Crippen LogP contribution is 2.11. The number of benzene rings is 1. The first-order valence-electron chi connectivity index (χ1n) is 6.81. The molecule has 2 aromatic rings. The third kappa shape index (κ3) is 6.18. The van der Waals surface area contributed by atoms with Crippen molar-refractivity contribution < 1.29 is 4.74 Å². The summed E-state index contributed by atoms with van der Waals surface area (Å²) < 4.78 is 5.62. The van der Waals surface area contributed by atoms with E-state index in [2.05, 4.69) is 20.6 Å². The molecule has 0 unspecified atom stereocenters. The molecule has 2 rings (SSSR count). The van der Waals surface area contributed by atoms with Gasteiger partial charge in [0.05, 0.1) is 24.3 Å². The van der Waals surface area contributed by atoms with Crippen LogP contribution in [0, 0.1) is 6.92 Å². The zero-order valence-corrected chi connectivity index (χ0v) is 15.9. The number of aromatic nitrogens is 1. The Morgan fingerprint density at radius 1 is 1.27 bits per heavy atom. The van der Waals surface area contributed by atoms with Crippen molar-refractivity contribution in [3.8, 4) is 5.75 Å². The third-order valence-electron chi connectivity index (χ3n) is 2.89. The van der Waals surface area contributed by atoms with Crippen molar-refractivity contribution in [1.82, 2.24) is 15.6 Å². The van der Waals surface area contributed by atoms with Crippen LogP contribution >= 0.6 is 35.3 Å². The van der Waals surface area contributed by atoms with Crippen molar-refractivity contribution in [2.45, 2.75) is 13.5 Å². The van der Waals surface area contributed by atoms with E-state index in [1.807, 2.05) is 42.8 Å². The number of nitrogens with zero attached hydrogens (tertiary/aromatic N) is 2. The maximum absolute atomic E-state index is 5.62. The molecular formula is C15H21IN4OS. The zero-order valence-electron chi connectivity index (χ0n) is 12.7. The van der Waals surface area contributed by atoms with Gasteiger partial charge in [-0.1, -0.05) is 18.2 Å². The average Bonchev–Trinajstić information content (AvgIpc) is 2.93. The molecule has 5 nitrogen and oxygen atoms in total. The Labute approximate surface area is 152 Å². The van der Waals surface area contributed by atoms with Crippen molar-refractivity contribution in [3.05, 3.63) is 46.4 Å². The van der Waals surface area contributed by atoms with Gasteiger partial charge >= 0.3 is 0 Å². The fraction of sp³-hybridized carbons (Fsp3) is 0.333. The lowest BCUT2D eigenvalue weighted by Gasteiger charge is -2.12. The Bertz CT molecular complexity index is 574. The van der Waals surface area contributed by atoms with Gasteiger partial charge < -0.3 is 15.4 Å². The van der Waals surface area contributed by atoms with Gasteiger partial charge in [-0.15, -0.1) is 35.3 Å². The van der Waals surface area contributed by atoms with E-state index in [4.69, 9.17) is 4.74 Å². The quantitative estimate of drug-likeness (QED) is 0.319. The summed E-state index contributed by atoms with van der Waals surface area (Å²) in [5.74, 6) is 1.64. The molecule has 1 aromatic carbocycles. The van der Waals surface area contributed by atoms with E-state index in [-0.39, 0.29) is 24.0 Å². The van der Waals surface area contributed by atoms with Gasteiger partial charge in [-0.25, -0.2) is 4.98 Å². The summed E-state index contributed by atoms with van der Waals surface area (Å²) in [6, 6.07) is 9.78. The van der Waals surface area contributed by atoms with Crippen LogP contribution in [0.25, 0.3) is 0 Å². The largest absolute Gasteiger partial charge is 0.492 e. The second-order valence-electron chi connectivity index (χ2n) is 4.38. The molecule has 1 aromatic heterocycles. The van der Waals surface area contributed by atoms with E-state index >= 15 is 0 Å². The number of nitrogens with one attached hydrogen (secondary N) is 2. The SMILES string of the molecule is CN=C(NCCOc1ccccc1)NCc1scnc1C.I. The first-order valence-corrected chi connectivity index (χ1v) is 7.69. The van der Waals surface area contributed by atoms with Gasteiger partial charge in [0, 0.05) is 11.9 Å². The van der Waals surface area contributed by atoms with Gasteiger partial charge in [0.15, 0.2) is 5.96 Å². The Morgan fingerprint density at radius 3 is 2.68 bits per heavy atom. The van der Waals surface area contributed by atoms with Crippen LogP contribution in [-0.2, 0) is 6.54 Å². The molecule has 22 heavy (non-hydrogen) atoms. The highest BCUT2D eigenvalue weighted by Gasteiger charge is 2.03. The molecule has 0 atom stereocenters. The summed E-state index contributed by atoms with van der Waals surface area (Å²) >= 11 is 1.65. The minimum absolute atomic E-state index is 0. The van der Waals surface area contributed by atoms with Crippen LogP contribution < -0.4 is 15.4 Å². The molecular weight excluding hydrogens is 411 g/mol. The molecule has 1 heterocycles. The standard InChI is InChI=1S/C15H20N4OS.HI/c1-12-14(21-11-19-12)10-18-15(16-2)17-8-9-20-13-6-4-3-5-7-13;/h3-7,11H,8-10H2,1-2H3,(H2,16,17,18);1H. The number of rotatable bonds is 6. The number of hydrogen-bond donors (Lipinski definition) is 2. The van der Waals surface area contributed by atoms with Crippen LogP contribution in [0.2, 0.25) is 0 Å². The number of thiazole rings is 1. The molecule has 0 aliphatic rings. The minimum Gasteiger partial charge on any atom is -0.492 e. The van der Waals surface area contributed by atoms with E-state index in [0.29, 0.717) is 13.2 Å². The van der Waals surface area contributed by atoms with Gasteiger partial charge in [-0.3, -0.25) is 4.99 Å². The van der Waals surface area contributed by atoms with Crippen LogP contribution in [0.5, 0.6) is 5.75 Å². The monoisotopic (exact) mass is 432 g/mol. The maximum atomic E-state index is 5.62. The number of aryl methyl sites for hydroxylation is 1. The van der Waals surface area contributed by atoms with Crippen LogP contribution in [0.15, 0.2) is 40.8 Å². The number of halogens is 1.